The topological polar surface area (TPSA) is 36.4 Å². The fourth-order valence-electron chi connectivity index (χ4n) is 2.52. The molecule has 0 radical (unpaired) electrons. The maximum absolute atomic E-state index is 13.6. The maximum Gasteiger partial charge on any atom is 0.233 e. The number of hydrogen-bond donors (Lipinski definition) is 0. The number of halogens is 1. The minimum Gasteiger partial charge on any atom is -0.353 e. The molecule has 0 aliphatic carbocycles. The summed E-state index contributed by atoms with van der Waals surface area (Å²) >= 11 is 1.25. The largest absolute Gasteiger partial charge is 0.353 e. The molecule has 1 aromatic heterocycles. The lowest BCUT2D eigenvalue weighted by Gasteiger charge is -2.35. The van der Waals surface area contributed by atoms with Crippen molar-refractivity contribution in [1.82, 2.24) is 9.88 Å². The first-order valence-corrected chi connectivity index (χ1v) is 8.54. The Balaban J connectivity index is 1.50. The highest BCUT2D eigenvalue weighted by Gasteiger charge is 2.21. The van der Waals surface area contributed by atoms with Crippen LogP contribution in [0, 0.1) is 5.82 Å². The van der Waals surface area contributed by atoms with Crippen LogP contribution in [0.4, 0.5) is 10.2 Å². The van der Waals surface area contributed by atoms with Crippen LogP contribution < -0.4 is 4.90 Å². The van der Waals surface area contributed by atoms with Crippen LogP contribution in [0.1, 0.15) is 0 Å². The number of rotatable bonds is 4. The molecular formula is C17H18FN3OS. The van der Waals surface area contributed by atoms with Crippen LogP contribution in [0.3, 0.4) is 0 Å². The van der Waals surface area contributed by atoms with Crippen molar-refractivity contribution in [2.75, 3.05) is 36.8 Å². The lowest BCUT2D eigenvalue weighted by molar-refractivity contribution is -0.128. The Morgan fingerprint density at radius 3 is 2.52 bits per heavy atom. The third-order valence-corrected chi connectivity index (χ3v) is 4.83. The number of aromatic nitrogens is 1. The first-order valence-electron chi connectivity index (χ1n) is 7.55. The molecule has 1 saturated heterocycles. The average molecular weight is 331 g/mol. The van der Waals surface area contributed by atoms with E-state index in [2.05, 4.69) is 9.88 Å². The summed E-state index contributed by atoms with van der Waals surface area (Å²) in [5.41, 5.74) is 0. The number of piperazine rings is 1. The maximum atomic E-state index is 13.6. The van der Waals surface area contributed by atoms with Gasteiger partial charge in [0.05, 0.1) is 5.75 Å². The summed E-state index contributed by atoms with van der Waals surface area (Å²) in [6.07, 6.45) is 1.78. The Kier molecular flexibility index (Phi) is 5.12. The van der Waals surface area contributed by atoms with Gasteiger partial charge in [-0.1, -0.05) is 18.2 Å². The molecular weight excluding hydrogens is 313 g/mol. The molecule has 0 saturated carbocycles. The van der Waals surface area contributed by atoms with Crippen LogP contribution in [0.2, 0.25) is 0 Å². The number of hydrogen-bond acceptors (Lipinski definition) is 4. The first kappa shape index (κ1) is 15.8. The van der Waals surface area contributed by atoms with E-state index in [1.165, 1.54) is 17.8 Å². The summed E-state index contributed by atoms with van der Waals surface area (Å²) in [6, 6.07) is 12.4. The van der Waals surface area contributed by atoms with Crippen LogP contribution in [0.5, 0.6) is 0 Å². The zero-order valence-corrected chi connectivity index (χ0v) is 13.5. The molecule has 0 N–H and O–H groups in total. The molecule has 2 heterocycles. The van der Waals surface area contributed by atoms with E-state index in [4.69, 9.17) is 0 Å². The molecule has 0 bridgehead atoms. The average Bonchev–Trinajstić information content (AvgIpc) is 2.62. The van der Waals surface area contributed by atoms with Gasteiger partial charge in [-0.3, -0.25) is 4.79 Å². The molecule has 1 aromatic carbocycles. The van der Waals surface area contributed by atoms with E-state index in [-0.39, 0.29) is 17.5 Å². The van der Waals surface area contributed by atoms with E-state index >= 15 is 0 Å². The lowest BCUT2D eigenvalue weighted by Crippen LogP contribution is -2.49. The van der Waals surface area contributed by atoms with E-state index < -0.39 is 0 Å². The molecule has 23 heavy (non-hydrogen) atoms. The fraction of sp³-hybridized carbons (Fsp3) is 0.294. The Morgan fingerprint density at radius 1 is 1.09 bits per heavy atom. The molecule has 0 unspecified atom stereocenters. The van der Waals surface area contributed by atoms with Gasteiger partial charge in [0.25, 0.3) is 0 Å². The molecule has 0 spiro atoms. The third kappa shape index (κ3) is 4.01. The summed E-state index contributed by atoms with van der Waals surface area (Å²) in [5.74, 6) is 0.995. The minimum absolute atomic E-state index is 0.0546. The monoisotopic (exact) mass is 331 g/mol. The highest BCUT2D eigenvalue weighted by Crippen LogP contribution is 2.22. The summed E-state index contributed by atoms with van der Waals surface area (Å²) < 4.78 is 13.6. The number of benzene rings is 1. The van der Waals surface area contributed by atoms with Crippen molar-refractivity contribution in [3.8, 4) is 0 Å². The summed E-state index contributed by atoms with van der Waals surface area (Å²) in [7, 11) is 0. The van der Waals surface area contributed by atoms with E-state index in [1.807, 2.05) is 23.1 Å². The lowest BCUT2D eigenvalue weighted by atomic mass is 10.3. The van der Waals surface area contributed by atoms with Crippen molar-refractivity contribution in [3.05, 3.63) is 54.5 Å². The van der Waals surface area contributed by atoms with Crippen LogP contribution in [0.15, 0.2) is 53.6 Å². The predicted molar refractivity (Wildman–Crippen MR) is 90.2 cm³/mol. The zero-order chi connectivity index (χ0) is 16.1. The summed E-state index contributed by atoms with van der Waals surface area (Å²) in [4.78, 5) is 21.1. The van der Waals surface area contributed by atoms with Gasteiger partial charge < -0.3 is 9.80 Å². The van der Waals surface area contributed by atoms with Gasteiger partial charge in [-0.05, 0) is 24.3 Å². The number of carbonyl (C=O) groups is 1. The Labute approximate surface area is 139 Å². The molecule has 1 aliphatic rings. The molecule has 1 fully saturated rings. The number of anilines is 1. The second-order valence-corrected chi connectivity index (χ2v) is 6.29. The molecule has 4 nitrogen and oxygen atoms in total. The smallest absolute Gasteiger partial charge is 0.233 e. The minimum atomic E-state index is -0.273. The normalized spacial score (nSPS) is 14.8. The molecule has 1 aliphatic heterocycles. The fourth-order valence-corrected chi connectivity index (χ4v) is 3.36. The number of amides is 1. The second-order valence-electron chi connectivity index (χ2n) is 5.27. The number of carbonyl (C=O) groups excluding carboxylic acids is 1. The van der Waals surface area contributed by atoms with Gasteiger partial charge in [0.1, 0.15) is 11.6 Å². The Morgan fingerprint density at radius 2 is 1.83 bits per heavy atom. The van der Waals surface area contributed by atoms with Gasteiger partial charge in [-0.15, -0.1) is 11.8 Å². The van der Waals surface area contributed by atoms with Crippen molar-refractivity contribution in [3.63, 3.8) is 0 Å². The van der Waals surface area contributed by atoms with Crippen LogP contribution in [0.25, 0.3) is 0 Å². The highest BCUT2D eigenvalue weighted by atomic mass is 32.2. The van der Waals surface area contributed by atoms with E-state index in [1.54, 1.807) is 24.4 Å². The Hall–Kier alpha value is -2.08. The van der Waals surface area contributed by atoms with Crippen LogP contribution in [-0.2, 0) is 4.79 Å². The van der Waals surface area contributed by atoms with Crippen LogP contribution >= 0.6 is 11.8 Å². The molecule has 120 valence electrons. The van der Waals surface area contributed by atoms with Gasteiger partial charge in [0, 0.05) is 37.3 Å². The zero-order valence-electron chi connectivity index (χ0n) is 12.7. The second kappa shape index (κ2) is 7.46. The third-order valence-electron chi connectivity index (χ3n) is 3.79. The van der Waals surface area contributed by atoms with Crippen molar-refractivity contribution in [2.24, 2.45) is 0 Å². The van der Waals surface area contributed by atoms with E-state index in [0.717, 1.165) is 18.9 Å². The van der Waals surface area contributed by atoms with Gasteiger partial charge >= 0.3 is 0 Å². The van der Waals surface area contributed by atoms with Crippen molar-refractivity contribution in [1.29, 1.82) is 0 Å². The highest BCUT2D eigenvalue weighted by molar-refractivity contribution is 8.00. The summed E-state index contributed by atoms with van der Waals surface area (Å²) in [6.45, 7) is 2.89. The van der Waals surface area contributed by atoms with Crippen molar-refractivity contribution in [2.45, 2.75) is 4.90 Å². The summed E-state index contributed by atoms with van der Waals surface area (Å²) in [5, 5.41) is 0. The van der Waals surface area contributed by atoms with Gasteiger partial charge in [0.15, 0.2) is 0 Å². The first-order chi connectivity index (χ1) is 11.2. The molecule has 3 rings (SSSR count). The Bertz CT molecular complexity index is 660. The van der Waals surface area contributed by atoms with Crippen LogP contribution in [-0.4, -0.2) is 47.7 Å². The van der Waals surface area contributed by atoms with Gasteiger partial charge in [-0.25, -0.2) is 9.37 Å². The molecule has 2 aromatic rings. The van der Waals surface area contributed by atoms with Crippen molar-refractivity contribution < 1.29 is 9.18 Å². The predicted octanol–water partition coefficient (Wildman–Crippen LogP) is 2.66. The van der Waals surface area contributed by atoms with Crippen molar-refractivity contribution >= 4 is 23.5 Å². The molecule has 1 amide bonds. The quantitative estimate of drug-likeness (QED) is 0.807. The SMILES string of the molecule is O=C(CSc1ccccc1F)N1CCN(c2ccccn2)CC1. The number of pyridine rings is 1. The van der Waals surface area contributed by atoms with Gasteiger partial charge in [-0.2, -0.15) is 0 Å². The molecule has 0 atom stereocenters. The van der Waals surface area contributed by atoms with E-state index in [9.17, 15) is 9.18 Å². The number of thioether (sulfide) groups is 1. The van der Waals surface area contributed by atoms with Gasteiger partial charge in [0.2, 0.25) is 5.91 Å². The standard InChI is InChI=1S/C17H18FN3OS/c18-14-5-1-2-6-15(14)23-13-17(22)21-11-9-20(10-12-21)16-7-3-4-8-19-16/h1-8H,9-13H2. The van der Waals surface area contributed by atoms with E-state index in [0.29, 0.717) is 18.0 Å². The number of nitrogens with zero attached hydrogens (tertiary/aromatic N) is 3. The molecule has 6 heteroatoms.